The van der Waals surface area contributed by atoms with Crippen LogP contribution in [0, 0.1) is 29.6 Å². The molecule has 6 rings (SSSR count). The first-order valence-electron chi connectivity index (χ1n) is 19.4. The highest BCUT2D eigenvalue weighted by molar-refractivity contribution is 5.45. The second kappa shape index (κ2) is 17.3. The molecule has 0 amide bonds. The molecule has 3 aliphatic carbocycles. The summed E-state index contributed by atoms with van der Waals surface area (Å²) in [6.07, 6.45) is 14.3. The zero-order valence-corrected chi connectivity index (χ0v) is 30.4. The minimum atomic E-state index is -1.24. The fourth-order valence-electron chi connectivity index (χ4n) is 9.11. The first-order valence-corrected chi connectivity index (χ1v) is 19.4. The van der Waals surface area contributed by atoms with Gasteiger partial charge in [-0.3, -0.25) is 0 Å². The van der Waals surface area contributed by atoms with E-state index in [1.807, 2.05) is 36.5 Å². The Labute approximate surface area is 308 Å². The van der Waals surface area contributed by atoms with E-state index in [1.165, 1.54) is 0 Å². The van der Waals surface area contributed by atoms with Crippen molar-refractivity contribution in [2.45, 2.75) is 126 Å². The predicted molar refractivity (Wildman–Crippen MR) is 202 cm³/mol. The van der Waals surface area contributed by atoms with Gasteiger partial charge < -0.3 is 41.0 Å². The van der Waals surface area contributed by atoms with Crippen LogP contribution in [0.15, 0.2) is 67.0 Å². The molecule has 3 aliphatic rings. The maximum Gasteiger partial charge on any atom is 0.161 e. The fourth-order valence-corrected chi connectivity index (χ4v) is 9.11. The molecule has 280 valence electrons. The van der Waals surface area contributed by atoms with Gasteiger partial charge in [-0.25, -0.2) is 4.98 Å². The summed E-state index contributed by atoms with van der Waals surface area (Å²) in [4.78, 5) is 9.04. The highest BCUT2D eigenvalue weighted by atomic mass is 16.5. The van der Waals surface area contributed by atoms with Crippen molar-refractivity contribution in [2.75, 3.05) is 12.3 Å². The van der Waals surface area contributed by atoms with Gasteiger partial charge in [0.25, 0.3) is 0 Å². The molecule has 9 nitrogen and oxygen atoms in total. The Morgan fingerprint density at radius 2 is 1.81 bits per heavy atom. The molecule has 9 unspecified atom stereocenters. The highest BCUT2D eigenvalue weighted by Gasteiger charge is 2.43. The lowest BCUT2D eigenvalue weighted by molar-refractivity contribution is -0.0139. The SMILES string of the molecule is CCC1C#CC2C=CC(c3ccc(O)c(OC(CC(c4ccnc(N)c4)C4(c5ccc[n-]5)CCCCC4)C(O)CO)c3)CC(O)C2C(O)CCCC1. The normalized spacial score (nSPS) is 27.9. The molecule has 0 aliphatic heterocycles. The van der Waals surface area contributed by atoms with Gasteiger partial charge in [-0.1, -0.05) is 81.2 Å². The molecule has 9 heteroatoms. The van der Waals surface area contributed by atoms with Gasteiger partial charge >= 0.3 is 0 Å². The molecular weight excluding hydrogens is 654 g/mol. The number of nitrogens with two attached hydrogens (primary N) is 1. The summed E-state index contributed by atoms with van der Waals surface area (Å²) in [5.74, 6) is 6.58. The van der Waals surface area contributed by atoms with Gasteiger partial charge in [0, 0.05) is 29.9 Å². The number of nitrogen functional groups attached to an aromatic ring is 1. The summed E-state index contributed by atoms with van der Waals surface area (Å²) in [7, 11) is 0. The number of allylic oxidation sites excluding steroid dienone is 2. The number of aromatic nitrogens is 2. The van der Waals surface area contributed by atoms with Crippen LogP contribution >= 0.6 is 0 Å². The Kier molecular flexibility index (Phi) is 12.7. The van der Waals surface area contributed by atoms with Gasteiger partial charge in [0.2, 0.25) is 0 Å². The van der Waals surface area contributed by atoms with Crippen LogP contribution in [0.5, 0.6) is 11.5 Å². The third-order valence-corrected chi connectivity index (χ3v) is 12.1. The molecule has 0 bridgehead atoms. The van der Waals surface area contributed by atoms with Gasteiger partial charge in [0.1, 0.15) is 18.0 Å². The molecule has 2 aromatic heterocycles. The Bertz CT molecular complexity index is 1680. The average molecular weight is 711 g/mol. The van der Waals surface area contributed by atoms with Crippen molar-refractivity contribution < 1.29 is 30.3 Å². The first-order chi connectivity index (χ1) is 25.2. The Hall–Kier alpha value is -3.81. The lowest BCUT2D eigenvalue weighted by Gasteiger charge is -2.48. The van der Waals surface area contributed by atoms with Crippen LogP contribution in [-0.4, -0.2) is 61.5 Å². The van der Waals surface area contributed by atoms with E-state index < -0.39 is 36.9 Å². The van der Waals surface area contributed by atoms with Crippen LogP contribution in [0.4, 0.5) is 5.82 Å². The number of fused-ring (bicyclic) bond motifs is 1. The second-order valence-corrected chi connectivity index (χ2v) is 15.3. The van der Waals surface area contributed by atoms with Crippen molar-refractivity contribution in [3.8, 4) is 23.3 Å². The van der Waals surface area contributed by atoms with Crippen LogP contribution in [0.25, 0.3) is 0 Å². The minimum absolute atomic E-state index is 0.0899. The highest BCUT2D eigenvalue weighted by Crippen LogP contribution is 2.51. The molecule has 2 heterocycles. The number of aliphatic hydroxyl groups is 4. The van der Waals surface area contributed by atoms with Gasteiger partial charge in [-0.05, 0) is 91.7 Å². The van der Waals surface area contributed by atoms with Crippen molar-refractivity contribution in [2.24, 2.45) is 17.8 Å². The zero-order valence-electron chi connectivity index (χ0n) is 30.4. The van der Waals surface area contributed by atoms with E-state index >= 15 is 0 Å². The maximum atomic E-state index is 11.6. The van der Waals surface area contributed by atoms with Crippen molar-refractivity contribution in [3.63, 3.8) is 0 Å². The topological polar surface area (TPSA) is 163 Å². The number of rotatable bonds is 11. The zero-order chi connectivity index (χ0) is 36.7. The molecule has 9 atom stereocenters. The Morgan fingerprint density at radius 1 is 1.00 bits per heavy atom. The average Bonchev–Trinajstić information content (AvgIpc) is 3.65. The number of phenols is 1. The molecule has 1 aromatic carbocycles. The monoisotopic (exact) mass is 710 g/mol. The predicted octanol–water partition coefficient (Wildman–Crippen LogP) is 6.10. The maximum absolute atomic E-state index is 11.6. The van der Waals surface area contributed by atoms with E-state index in [0.717, 1.165) is 74.6 Å². The number of anilines is 1. The van der Waals surface area contributed by atoms with Crippen LogP contribution in [0.1, 0.15) is 113 Å². The fraction of sp³-hybridized carbons (Fsp3) is 0.558. The number of pyridine rings is 1. The van der Waals surface area contributed by atoms with Crippen LogP contribution in [-0.2, 0) is 5.41 Å². The molecule has 0 spiro atoms. The lowest BCUT2D eigenvalue weighted by atomic mass is 9.60. The van der Waals surface area contributed by atoms with Crippen molar-refractivity contribution in [3.05, 3.63) is 83.8 Å². The molecule has 3 aromatic rings. The van der Waals surface area contributed by atoms with E-state index in [4.69, 9.17) is 15.5 Å². The van der Waals surface area contributed by atoms with Gasteiger partial charge in [0.05, 0.1) is 18.8 Å². The molecule has 1 saturated carbocycles. The molecule has 1 fully saturated rings. The summed E-state index contributed by atoms with van der Waals surface area (Å²) in [6.45, 7) is 1.63. The van der Waals surface area contributed by atoms with Crippen LogP contribution in [0.3, 0.4) is 0 Å². The summed E-state index contributed by atoms with van der Waals surface area (Å²) in [5, 5.41) is 55.5. The van der Waals surface area contributed by atoms with Crippen LogP contribution in [0.2, 0.25) is 0 Å². The molecule has 7 N–H and O–H groups in total. The Morgan fingerprint density at radius 3 is 2.54 bits per heavy atom. The van der Waals surface area contributed by atoms with Gasteiger partial charge in [-0.2, -0.15) is 11.9 Å². The third-order valence-electron chi connectivity index (χ3n) is 12.1. The number of aliphatic hydroxyl groups excluding tert-OH is 4. The molecule has 0 radical (unpaired) electrons. The second-order valence-electron chi connectivity index (χ2n) is 15.3. The van der Waals surface area contributed by atoms with E-state index in [2.05, 4.69) is 35.9 Å². The van der Waals surface area contributed by atoms with Crippen molar-refractivity contribution in [1.82, 2.24) is 9.97 Å². The molecular formula is C43H56N3O6-. The molecule has 0 saturated heterocycles. The van der Waals surface area contributed by atoms with Crippen LogP contribution < -0.4 is 15.5 Å². The number of ether oxygens (including phenoxy) is 1. The van der Waals surface area contributed by atoms with E-state index in [0.29, 0.717) is 31.0 Å². The minimum Gasteiger partial charge on any atom is -0.667 e. The summed E-state index contributed by atoms with van der Waals surface area (Å²) in [5.41, 5.74) is 8.64. The number of hydrogen-bond donors (Lipinski definition) is 6. The largest absolute Gasteiger partial charge is 0.667 e. The number of hydrogen-bond acceptors (Lipinski definition) is 8. The van der Waals surface area contributed by atoms with E-state index in [-0.39, 0.29) is 34.7 Å². The first kappa shape index (κ1) is 37.9. The van der Waals surface area contributed by atoms with Gasteiger partial charge in [0.15, 0.2) is 11.5 Å². The summed E-state index contributed by atoms with van der Waals surface area (Å²) >= 11 is 0. The number of aromatic hydroxyl groups is 1. The smallest absolute Gasteiger partial charge is 0.161 e. The van der Waals surface area contributed by atoms with Crippen molar-refractivity contribution >= 4 is 5.82 Å². The summed E-state index contributed by atoms with van der Waals surface area (Å²) in [6, 6.07) is 13.0. The van der Waals surface area contributed by atoms with E-state index in [9.17, 15) is 25.5 Å². The number of benzene rings is 1. The van der Waals surface area contributed by atoms with E-state index in [1.54, 1.807) is 18.3 Å². The number of phenolic OH excluding ortho intramolecular Hbond substituents is 1. The molecule has 52 heavy (non-hydrogen) atoms. The summed E-state index contributed by atoms with van der Waals surface area (Å²) < 4.78 is 6.54. The van der Waals surface area contributed by atoms with Gasteiger partial charge in [-0.15, -0.1) is 0 Å². The third kappa shape index (κ3) is 8.52. The van der Waals surface area contributed by atoms with Crippen molar-refractivity contribution in [1.29, 1.82) is 0 Å². The quantitative estimate of drug-likeness (QED) is 0.102. The Balaban J connectivity index is 1.32. The standard InChI is InChI=1S/C43H56N3O6/c1-2-28-9-4-5-10-35(49)42-29(13-12-28)14-15-30(23-36(42)50)31-16-17-34(48)38(24-31)52-39(37(51)27-47)26-33(32-18-22-46-41(44)25-32)43(19-6-3-7-20-43)40-11-8-21-45-40/h8,11,14-18,21-22,24-25,28-30,33,35-37,39,42,47-51H,2-7,9-10,19-20,23,26-27H2,1H3,(H2,44,46)/q-1. The number of nitrogens with zero attached hydrogens (tertiary/aromatic N) is 2. The lowest BCUT2D eigenvalue weighted by Crippen LogP contribution is -2.43.